The van der Waals surface area contributed by atoms with Crippen LogP contribution in [-0.2, 0) is 12.8 Å². The van der Waals surface area contributed by atoms with Gasteiger partial charge >= 0.3 is 0 Å². The maximum atomic E-state index is 8.86. The fourth-order valence-corrected chi connectivity index (χ4v) is 2.58. The normalized spacial score (nSPS) is 16.5. The molecule has 0 N–H and O–H groups in total. The van der Waals surface area contributed by atoms with Gasteiger partial charge in [0.05, 0.1) is 12.5 Å². The first-order chi connectivity index (χ1) is 8.31. The second-order valence-corrected chi connectivity index (χ2v) is 4.84. The molecule has 88 valence electrons. The summed E-state index contributed by atoms with van der Waals surface area (Å²) in [4.78, 5) is 0. The number of benzene rings is 1. The summed E-state index contributed by atoms with van der Waals surface area (Å²) in [7, 11) is 0. The fourth-order valence-electron chi connectivity index (χ4n) is 2.58. The van der Waals surface area contributed by atoms with E-state index in [0.717, 1.165) is 25.7 Å². The highest BCUT2D eigenvalue weighted by Crippen LogP contribution is 2.25. The van der Waals surface area contributed by atoms with Crippen LogP contribution in [0.15, 0.2) is 35.4 Å². The van der Waals surface area contributed by atoms with Gasteiger partial charge in [0, 0.05) is 0 Å². The van der Waals surface area contributed by atoms with Crippen LogP contribution in [0.2, 0.25) is 0 Å². The van der Waals surface area contributed by atoms with E-state index in [1.807, 2.05) is 0 Å². The SMILES string of the molecule is CC1=C(CC#N)CCCc2ccccc2CC1. The lowest BCUT2D eigenvalue weighted by molar-refractivity contribution is 0.791. The smallest absolute Gasteiger partial charge is 0.0666 e. The predicted octanol–water partition coefficient (Wildman–Crippen LogP) is 4.19. The second-order valence-electron chi connectivity index (χ2n) is 4.84. The molecule has 0 spiro atoms. The molecule has 1 aromatic carbocycles. The zero-order valence-electron chi connectivity index (χ0n) is 10.5. The van der Waals surface area contributed by atoms with Crippen LogP contribution in [-0.4, -0.2) is 0 Å². The topological polar surface area (TPSA) is 23.8 Å². The molecule has 1 aliphatic rings. The average Bonchev–Trinajstić information content (AvgIpc) is 2.42. The molecule has 1 nitrogen and oxygen atoms in total. The zero-order valence-corrected chi connectivity index (χ0v) is 10.5. The Kier molecular flexibility index (Phi) is 3.98. The highest BCUT2D eigenvalue weighted by atomic mass is 14.2. The van der Waals surface area contributed by atoms with Crippen molar-refractivity contribution >= 4 is 0 Å². The summed E-state index contributed by atoms with van der Waals surface area (Å²) < 4.78 is 0. The summed E-state index contributed by atoms with van der Waals surface area (Å²) in [6, 6.07) is 11.1. The Bertz CT molecular complexity index is 463. The Balaban J connectivity index is 2.20. The third-order valence-electron chi connectivity index (χ3n) is 3.71. The number of allylic oxidation sites excluding steroid dienone is 2. The van der Waals surface area contributed by atoms with Crippen molar-refractivity contribution in [3.05, 3.63) is 46.5 Å². The number of rotatable bonds is 1. The molecule has 2 rings (SSSR count). The van der Waals surface area contributed by atoms with Crippen LogP contribution < -0.4 is 0 Å². The van der Waals surface area contributed by atoms with E-state index in [1.165, 1.54) is 28.7 Å². The number of aryl methyl sites for hydroxylation is 2. The minimum atomic E-state index is 0.613. The van der Waals surface area contributed by atoms with Crippen LogP contribution in [0.25, 0.3) is 0 Å². The van der Waals surface area contributed by atoms with Gasteiger partial charge in [-0.15, -0.1) is 0 Å². The molecule has 0 aliphatic heterocycles. The van der Waals surface area contributed by atoms with Gasteiger partial charge in [-0.05, 0) is 50.2 Å². The Hall–Kier alpha value is -1.55. The largest absolute Gasteiger partial charge is 0.198 e. The van der Waals surface area contributed by atoms with Gasteiger partial charge in [0.15, 0.2) is 0 Å². The maximum Gasteiger partial charge on any atom is 0.0666 e. The van der Waals surface area contributed by atoms with Crippen molar-refractivity contribution in [2.75, 3.05) is 0 Å². The monoisotopic (exact) mass is 225 g/mol. The molecule has 1 aromatic rings. The predicted molar refractivity (Wildman–Crippen MR) is 70.6 cm³/mol. The van der Waals surface area contributed by atoms with Gasteiger partial charge in [-0.25, -0.2) is 0 Å². The quantitative estimate of drug-likeness (QED) is 0.657. The molecule has 0 saturated carbocycles. The molecule has 0 saturated heterocycles. The van der Waals surface area contributed by atoms with E-state index in [4.69, 9.17) is 5.26 Å². The summed E-state index contributed by atoms with van der Waals surface area (Å²) in [5.41, 5.74) is 5.80. The lowest BCUT2D eigenvalue weighted by Crippen LogP contribution is -1.93. The molecule has 0 amide bonds. The Labute approximate surface area is 104 Å². The first-order valence-corrected chi connectivity index (χ1v) is 6.42. The van der Waals surface area contributed by atoms with Crippen molar-refractivity contribution in [2.45, 2.75) is 45.4 Å². The minimum absolute atomic E-state index is 0.613. The first-order valence-electron chi connectivity index (χ1n) is 6.42. The number of hydrogen-bond acceptors (Lipinski definition) is 1. The van der Waals surface area contributed by atoms with Crippen molar-refractivity contribution in [3.63, 3.8) is 0 Å². The second kappa shape index (κ2) is 5.68. The number of nitrogens with zero attached hydrogens (tertiary/aromatic N) is 1. The van der Waals surface area contributed by atoms with E-state index >= 15 is 0 Å². The van der Waals surface area contributed by atoms with Crippen LogP contribution in [0.5, 0.6) is 0 Å². The van der Waals surface area contributed by atoms with Gasteiger partial charge in [0.2, 0.25) is 0 Å². The lowest BCUT2D eigenvalue weighted by Gasteiger charge is -2.07. The van der Waals surface area contributed by atoms with E-state index in [1.54, 1.807) is 0 Å². The molecule has 0 bridgehead atoms. The van der Waals surface area contributed by atoms with Crippen molar-refractivity contribution in [3.8, 4) is 6.07 Å². The number of hydrogen-bond donors (Lipinski definition) is 0. The summed E-state index contributed by atoms with van der Waals surface area (Å²) in [6.07, 6.45) is 6.25. The Morgan fingerprint density at radius 1 is 1.06 bits per heavy atom. The molecule has 0 radical (unpaired) electrons. The third kappa shape index (κ3) is 2.97. The highest BCUT2D eigenvalue weighted by Gasteiger charge is 2.09. The Morgan fingerprint density at radius 3 is 2.47 bits per heavy atom. The van der Waals surface area contributed by atoms with Crippen LogP contribution in [0.1, 0.15) is 43.7 Å². The summed E-state index contributed by atoms with van der Waals surface area (Å²) >= 11 is 0. The summed E-state index contributed by atoms with van der Waals surface area (Å²) in [6.45, 7) is 2.20. The molecule has 0 aromatic heterocycles. The van der Waals surface area contributed by atoms with E-state index in [2.05, 4.69) is 37.3 Å². The molecular formula is C16H19N. The van der Waals surface area contributed by atoms with Crippen LogP contribution >= 0.6 is 0 Å². The minimum Gasteiger partial charge on any atom is -0.198 e. The molecule has 0 atom stereocenters. The summed E-state index contributed by atoms with van der Waals surface area (Å²) in [5, 5.41) is 8.86. The van der Waals surface area contributed by atoms with E-state index < -0.39 is 0 Å². The molecule has 1 heteroatoms. The van der Waals surface area contributed by atoms with Gasteiger partial charge in [-0.3, -0.25) is 0 Å². The fraction of sp³-hybridized carbons (Fsp3) is 0.438. The highest BCUT2D eigenvalue weighted by molar-refractivity contribution is 5.30. The molecule has 17 heavy (non-hydrogen) atoms. The molecule has 1 aliphatic carbocycles. The van der Waals surface area contributed by atoms with Gasteiger partial charge in [-0.2, -0.15) is 5.26 Å². The molecular weight excluding hydrogens is 206 g/mol. The van der Waals surface area contributed by atoms with Crippen LogP contribution in [0.3, 0.4) is 0 Å². The van der Waals surface area contributed by atoms with Crippen molar-refractivity contribution in [1.82, 2.24) is 0 Å². The number of nitriles is 1. The van der Waals surface area contributed by atoms with Crippen molar-refractivity contribution in [1.29, 1.82) is 5.26 Å². The number of fused-ring (bicyclic) bond motifs is 1. The van der Waals surface area contributed by atoms with Crippen molar-refractivity contribution < 1.29 is 0 Å². The van der Waals surface area contributed by atoms with Gasteiger partial charge in [0.25, 0.3) is 0 Å². The van der Waals surface area contributed by atoms with E-state index in [9.17, 15) is 0 Å². The van der Waals surface area contributed by atoms with Gasteiger partial charge < -0.3 is 0 Å². The zero-order chi connectivity index (χ0) is 12.1. The summed E-state index contributed by atoms with van der Waals surface area (Å²) in [5.74, 6) is 0. The van der Waals surface area contributed by atoms with Crippen LogP contribution in [0.4, 0.5) is 0 Å². The molecule has 0 heterocycles. The van der Waals surface area contributed by atoms with Gasteiger partial charge in [-0.1, -0.05) is 35.4 Å². The van der Waals surface area contributed by atoms with Crippen molar-refractivity contribution in [2.24, 2.45) is 0 Å². The molecule has 0 unspecified atom stereocenters. The Morgan fingerprint density at radius 2 is 1.76 bits per heavy atom. The van der Waals surface area contributed by atoms with E-state index in [-0.39, 0.29) is 0 Å². The third-order valence-corrected chi connectivity index (χ3v) is 3.71. The van der Waals surface area contributed by atoms with E-state index in [0.29, 0.717) is 6.42 Å². The molecule has 0 fully saturated rings. The standard InChI is InChI=1S/C16H19N/c1-13-9-10-16-6-3-2-5-15(16)8-4-7-14(13)11-12-17/h2-3,5-6H,4,7-11H2,1H3. The van der Waals surface area contributed by atoms with Gasteiger partial charge in [0.1, 0.15) is 0 Å². The first kappa shape index (κ1) is 11.9. The average molecular weight is 225 g/mol. The van der Waals surface area contributed by atoms with Crippen LogP contribution in [0, 0.1) is 11.3 Å². The lowest BCUT2D eigenvalue weighted by atomic mass is 9.98. The maximum absolute atomic E-state index is 8.86.